The Bertz CT molecular complexity index is 633. The summed E-state index contributed by atoms with van der Waals surface area (Å²) in [5.41, 5.74) is 0.666. The van der Waals surface area contributed by atoms with Crippen molar-refractivity contribution in [2.24, 2.45) is 11.8 Å². The number of rotatable bonds is 8. The molecule has 1 aromatic heterocycles. The third-order valence-electron chi connectivity index (χ3n) is 3.99. The molecule has 9 nitrogen and oxygen atoms in total. The van der Waals surface area contributed by atoms with E-state index in [1.807, 2.05) is 13.8 Å². The van der Waals surface area contributed by atoms with E-state index in [-0.39, 0.29) is 17.6 Å². The van der Waals surface area contributed by atoms with Crippen molar-refractivity contribution in [1.82, 2.24) is 19.7 Å². The molecule has 0 aliphatic heterocycles. The van der Waals surface area contributed by atoms with E-state index in [1.165, 1.54) is 0 Å². The molecule has 1 fully saturated rings. The molecule has 1 aliphatic carbocycles. The summed E-state index contributed by atoms with van der Waals surface area (Å²) < 4.78 is 33.1. The number of methoxy groups -OCH3 is 1. The molecular weight excluding hydrogens is 336 g/mol. The fourth-order valence-corrected chi connectivity index (χ4v) is 4.69. The number of hydrogen-bond donors (Lipinski definition) is 3. The van der Waals surface area contributed by atoms with E-state index in [4.69, 9.17) is 4.74 Å². The van der Waals surface area contributed by atoms with Crippen molar-refractivity contribution in [2.45, 2.75) is 51.7 Å². The van der Waals surface area contributed by atoms with Gasteiger partial charge in [0.1, 0.15) is 5.69 Å². The smallest absolute Gasteiger partial charge is 0.212 e. The van der Waals surface area contributed by atoms with Crippen LogP contribution >= 0.6 is 0 Å². The van der Waals surface area contributed by atoms with Crippen LogP contribution in [-0.2, 0) is 27.9 Å². The van der Waals surface area contributed by atoms with Gasteiger partial charge < -0.3 is 14.9 Å². The van der Waals surface area contributed by atoms with Gasteiger partial charge in [0.2, 0.25) is 10.0 Å². The molecule has 0 amide bonds. The minimum atomic E-state index is -3.49. The predicted octanol–water partition coefficient (Wildman–Crippen LogP) is -0.890. The summed E-state index contributed by atoms with van der Waals surface area (Å²) in [6, 6.07) is -0.698. The van der Waals surface area contributed by atoms with Gasteiger partial charge in [0, 0.05) is 19.6 Å². The maximum absolute atomic E-state index is 12.0. The Morgan fingerprint density at radius 3 is 2.75 bits per heavy atom. The van der Waals surface area contributed by atoms with E-state index in [9.17, 15) is 18.6 Å². The van der Waals surface area contributed by atoms with Crippen LogP contribution in [-0.4, -0.2) is 64.7 Å². The average molecular weight is 362 g/mol. The number of ether oxygens (including phenoxy) is 1. The second-order valence-corrected chi connectivity index (χ2v) is 8.54. The minimum Gasteiger partial charge on any atom is -0.390 e. The monoisotopic (exact) mass is 362 g/mol. The van der Waals surface area contributed by atoms with Gasteiger partial charge in [0.15, 0.2) is 0 Å². The van der Waals surface area contributed by atoms with Gasteiger partial charge in [-0.25, -0.2) is 13.1 Å². The average Bonchev–Trinajstić information content (AvgIpc) is 2.99. The van der Waals surface area contributed by atoms with Gasteiger partial charge in [0.05, 0.1) is 36.8 Å². The molecule has 1 aromatic rings. The topological polar surface area (TPSA) is 127 Å². The third kappa shape index (κ3) is 4.96. The predicted molar refractivity (Wildman–Crippen MR) is 86.4 cm³/mol. The normalized spacial score (nSPS) is 27.9. The first-order chi connectivity index (χ1) is 11.2. The number of sulfonamides is 1. The third-order valence-corrected chi connectivity index (χ3v) is 5.75. The van der Waals surface area contributed by atoms with Crippen LogP contribution < -0.4 is 4.72 Å². The van der Waals surface area contributed by atoms with E-state index in [1.54, 1.807) is 18.0 Å². The minimum absolute atomic E-state index is 0.0135. The first-order valence-corrected chi connectivity index (χ1v) is 9.61. The van der Waals surface area contributed by atoms with E-state index < -0.39 is 28.3 Å². The highest BCUT2D eigenvalue weighted by molar-refractivity contribution is 7.89. The van der Waals surface area contributed by atoms with Crippen molar-refractivity contribution in [3.63, 3.8) is 0 Å². The lowest BCUT2D eigenvalue weighted by Gasteiger charge is -2.18. The zero-order chi connectivity index (χ0) is 17.9. The maximum Gasteiger partial charge on any atom is 0.212 e. The number of aromatic nitrogens is 3. The summed E-state index contributed by atoms with van der Waals surface area (Å²) in [4.78, 5) is 0. The fraction of sp³-hybridized carbons (Fsp3) is 0.857. The van der Waals surface area contributed by atoms with E-state index in [2.05, 4.69) is 15.0 Å². The molecule has 138 valence electrons. The zero-order valence-electron chi connectivity index (χ0n) is 14.2. The Hall–Kier alpha value is -1.07. The Morgan fingerprint density at radius 1 is 1.42 bits per heavy atom. The molecule has 1 aliphatic rings. The second kappa shape index (κ2) is 7.87. The highest BCUT2D eigenvalue weighted by Gasteiger charge is 2.43. The standard InChI is InChI=1S/C14H26N4O5S/c1-9(2)8-24(21,22)16-12-4-10(13(19)14(12)20)5-18-6-11(7-23-3)15-17-18/h6,9-10,12-14,16,19-20H,4-5,7-8H2,1-3H3/t10-,12-,13-,14+/m1/s1. The maximum atomic E-state index is 12.0. The Balaban J connectivity index is 1.98. The highest BCUT2D eigenvalue weighted by atomic mass is 32.2. The van der Waals surface area contributed by atoms with Crippen molar-refractivity contribution in [1.29, 1.82) is 0 Å². The molecule has 0 aromatic carbocycles. The van der Waals surface area contributed by atoms with E-state index in [0.717, 1.165) is 0 Å². The number of aliphatic hydroxyl groups excluding tert-OH is 2. The van der Waals surface area contributed by atoms with Gasteiger partial charge in [-0.3, -0.25) is 4.68 Å². The highest BCUT2D eigenvalue weighted by Crippen LogP contribution is 2.28. The number of hydrogen-bond acceptors (Lipinski definition) is 7. The molecule has 1 heterocycles. The van der Waals surface area contributed by atoms with Crippen LogP contribution in [0.25, 0.3) is 0 Å². The van der Waals surface area contributed by atoms with Crippen LogP contribution in [0.4, 0.5) is 0 Å². The summed E-state index contributed by atoms with van der Waals surface area (Å²) >= 11 is 0. The van der Waals surface area contributed by atoms with Crippen LogP contribution in [0.15, 0.2) is 6.20 Å². The van der Waals surface area contributed by atoms with Crippen LogP contribution in [0, 0.1) is 11.8 Å². The van der Waals surface area contributed by atoms with E-state index >= 15 is 0 Å². The molecule has 0 spiro atoms. The molecule has 0 bridgehead atoms. The van der Waals surface area contributed by atoms with Crippen molar-refractivity contribution in [3.8, 4) is 0 Å². The lowest BCUT2D eigenvalue weighted by atomic mass is 10.1. The number of nitrogens with one attached hydrogen (secondary N) is 1. The summed E-state index contributed by atoms with van der Waals surface area (Å²) in [7, 11) is -1.93. The van der Waals surface area contributed by atoms with Crippen LogP contribution in [0.5, 0.6) is 0 Å². The number of nitrogens with zero attached hydrogens (tertiary/aromatic N) is 3. The van der Waals surface area contributed by atoms with Gasteiger partial charge in [-0.15, -0.1) is 5.10 Å². The van der Waals surface area contributed by atoms with Gasteiger partial charge in [0.25, 0.3) is 0 Å². The Labute approximate surface area is 142 Å². The van der Waals surface area contributed by atoms with Crippen LogP contribution in [0.2, 0.25) is 0 Å². The molecule has 1 saturated carbocycles. The molecule has 4 atom stereocenters. The van der Waals surface area contributed by atoms with Gasteiger partial charge in [-0.05, 0) is 12.3 Å². The van der Waals surface area contributed by atoms with Crippen LogP contribution in [0.1, 0.15) is 26.0 Å². The SMILES string of the molecule is COCc1cn(C[C@H]2C[C@@H](NS(=O)(=O)CC(C)C)[C@H](O)[C@@H]2O)nn1. The summed E-state index contributed by atoms with van der Waals surface area (Å²) in [6.45, 7) is 4.30. The first kappa shape index (κ1) is 19.3. The quantitative estimate of drug-likeness (QED) is 0.547. The molecule has 2 rings (SSSR count). The molecular formula is C14H26N4O5S. The van der Waals surface area contributed by atoms with Gasteiger partial charge in [-0.1, -0.05) is 19.1 Å². The largest absolute Gasteiger partial charge is 0.390 e. The zero-order valence-corrected chi connectivity index (χ0v) is 15.0. The molecule has 24 heavy (non-hydrogen) atoms. The number of aliphatic hydroxyl groups is 2. The molecule has 10 heteroatoms. The summed E-state index contributed by atoms with van der Waals surface area (Å²) in [5, 5.41) is 28.2. The molecule has 0 radical (unpaired) electrons. The van der Waals surface area contributed by atoms with Gasteiger partial charge >= 0.3 is 0 Å². The second-order valence-electron chi connectivity index (χ2n) is 6.74. The van der Waals surface area contributed by atoms with Crippen molar-refractivity contribution in [3.05, 3.63) is 11.9 Å². The lowest BCUT2D eigenvalue weighted by Crippen LogP contribution is -2.44. The van der Waals surface area contributed by atoms with Crippen molar-refractivity contribution < 1.29 is 23.4 Å². The van der Waals surface area contributed by atoms with Gasteiger partial charge in [-0.2, -0.15) is 0 Å². The fourth-order valence-electron chi connectivity index (χ4n) is 3.02. The summed E-state index contributed by atoms with van der Waals surface area (Å²) in [5.74, 6) is -0.347. The Morgan fingerprint density at radius 2 is 2.12 bits per heavy atom. The van der Waals surface area contributed by atoms with E-state index in [0.29, 0.717) is 25.3 Å². The Kier molecular flexibility index (Phi) is 6.32. The summed E-state index contributed by atoms with van der Waals surface area (Å²) in [6.07, 6.45) is -0.122. The molecule has 0 saturated heterocycles. The lowest BCUT2D eigenvalue weighted by molar-refractivity contribution is 0.00971. The van der Waals surface area contributed by atoms with Crippen molar-refractivity contribution in [2.75, 3.05) is 12.9 Å². The molecule has 0 unspecified atom stereocenters. The van der Waals surface area contributed by atoms with Crippen LogP contribution in [0.3, 0.4) is 0 Å². The first-order valence-electron chi connectivity index (χ1n) is 7.96. The molecule has 3 N–H and O–H groups in total. The van der Waals surface area contributed by atoms with Crippen molar-refractivity contribution >= 4 is 10.0 Å².